The average Bonchev–Trinajstić information content (AvgIpc) is 2.58. The first-order valence-electron chi connectivity index (χ1n) is 4.59. The Morgan fingerprint density at radius 2 is 2.40 bits per heavy atom. The minimum atomic E-state index is 0. The van der Waals surface area contributed by atoms with Crippen molar-refractivity contribution in [3.63, 3.8) is 0 Å². The van der Waals surface area contributed by atoms with Crippen molar-refractivity contribution in [2.75, 3.05) is 13.6 Å². The summed E-state index contributed by atoms with van der Waals surface area (Å²) in [5.41, 5.74) is 6.59. The zero-order valence-electron chi connectivity index (χ0n) is 8.99. The highest BCUT2D eigenvalue weighted by atomic mass is 127. The van der Waals surface area contributed by atoms with Crippen LogP contribution in [0, 0.1) is 6.92 Å². The number of rotatable bonds is 4. The molecule has 0 bridgehead atoms. The van der Waals surface area contributed by atoms with Crippen LogP contribution in [0.2, 0.25) is 0 Å². The quantitative estimate of drug-likeness (QED) is 0.378. The van der Waals surface area contributed by atoms with Crippen molar-refractivity contribution in [3.8, 4) is 0 Å². The van der Waals surface area contributed by atoms with Gasteiger partial charge in [-0.1, -0.05) is 0 Å². The highest BCUT2D eigenvalue weighted by Crippen LogP contribution is 2.10. The molecule has 0 unspecified atom stereocenters. The molecule has 0 radical (unpaired) electrons. The minimum absolute atomic E-state index is 0. The maximum absolute atomic E-state index is 5.48. The second kappa shape index (κ2) is 7.86. The first-order valence-corrected chi connectivity index (χ1v) is 5.47. The Morgan fingerprint density at radius 1 is 1.67 bits per heavy atom. The molecule has 0 aromatic carbocycles. The summed E-state index contributed by atoms with van der Waals surface area (Å²) in [6.45, 7) is 2.86. The normalized spacial score (nSPS) is 10.9. The molecule has 0 saturated heterocycles. The van der Waals surface area contributed by atoms with Gasteiger partial charge < -0.3 is 11.1 Å². The van der Waals surface area contributed by atoms with Crippen LogP contribution in [0.25, 0.3) is 0 Å². The van der Waals surface area contributed by atoms with E-state index in [1.54, 1.807) is 18.4 Å². The molecule has 1 rings (SSSR count). The first kappa shape index (κ1) is 14.6. The van der Waals surface area contributed by atoms with Gasteiger partial charge in [-0.3, -0.25) is 4.99 Å². The van der Waals surface area contributed by atoms with Crippen LogP contribution in [0.3, 0.4) is 0 Å². The maximum Gasteiger partial charge on any atom is 0.188 e. The van der Waals surface area contributed by atoms with E-state index in [1.807, 2.05) is 6.92 Å². The van der Waals surface area contributed by atoms with E-state index in [9.17, 15) is 0 Å². The number of aryl methyl sites for hydroxylation is 2. The van der Waals surface area contributed by atoms with Gasteiger partial charge in [0.25, 0.3) is 0 Å². The topological polar surface area (TPSA) is 63.3 Å². The summed E-state index contributed by atoms with van der Waals surface area (Å²) in [5.74, 6) is 0.500. The number of hydrogen-bond acceptors (Lipinski definition) is 3. The zero-order chi connectivity index (χ0) is 10.4. The predicted octanol–water partition coefficient (Wildman–Crippen LogP) is 1.54. The number of nitrogens with zero attached hydrogens (tertiary/aromatic N) is 2. The summed E-state index contributed by atoms with van der Waals surface area (Å²) >= 11 is 1.71. The van der Waals surface area contributed by atoms with Crippen molar-refractivity contribution in [1.82, 2.24) is 10.3 Å². The molecule has 0 fully saturated rings. The van der Waals surface area contributed by atoms with Crippen molar-refractivity contribution in [3.05, 3.63) is 16.1 Å². The molecule has 0 aliphatic carbocycles. The van der Waals surface area contributed by atoms with Gasteiger partial charge in [-0.2, -0.15) is 0 Å². The Kier molecular flexibility index (Phi) is 7.67. The number of nitrogens with two attached hydrogens (primary N) is 1. The second-order valence-electron chi connectivity index (χ2n) is 3.02. The van der Waals surface area contributed by atoms with Gasteiger partial charge in [0, 0.05) is 31.1 Å². The highest BCUT2D eigenvalue weighted by Gasteiger charge is 1.98. The van der Waals surface area contributed by atoms with Crippen molar-refractivity contribution in [1.29, 1.82) is 0 Å². The van der Waals surface area contributed by atoms with Crippen molar-refractivity contribution < 1.29 is 0 Å². The minimum Gasteiger partial charge on any atom is -0.370 e. The van der Waals surface area contributed by atoms with E-state index in [1.165, 1.54) is 5.01 Å². The fourth-order valence-electron chi connectivity index (χ4n) is 1.05. The lowest BCUT2D eigenvalue weighted by atomic mass is 10.3. The van der Waals surface area contributed by atoms with Crippen LogP contribution in [-0.4, -0.2) is 24.5 Å². The molecular formula is C9H17IN4S. The second-order valence-corrected chi connectivity index (χ2v) is 3.96. The van der Waals surface area contributed by atoms with Crippen LogP contribution in [-0.2, 0) is 6.42 Å². The molecule has 15 heavy (non-hydrogen) atoms. The van der Waals surface area contributed by atoms with Gasteiger partial charge in [-0.25, -0.2) is 4.98 Å². The Hall–Kier alpha value is -0.370. The largest absolute Gasteiger partial charge is 0.370 e. The van der Waals surface area contributed by atoms with Crippen molar-refractivity contribution in [2.24, 2.45) is 10.7 Å². The summed E-state index contributed by atoms with van der Waals surface area (Å²) in [6.07, 6.45) is 2.03. The number of nitrogens with one attached hydrogen (secondary N) is 1. The van der Waals surface area contributed by atoms with Crippen LogP contribution in [0.4, 0.5) is 0 Å². The number of aliphatic imine (C=N–C) groups is 1. The summed E-state index contributed by atoms with van der Waals surface area (Å²) in [6, 6.07) is 0. The molecule has 1 aromatic heterocycles. The monoisotopic (exact) mass is 340 g/mol. The molecule has 0 spiro atoms. The molecule has 86 valence electrons. The van der Waals surface area contributed by atoms with Gasteiger partial charge in [0.1, 0.15) is 0 Å². The lowest BCUT2D eigenvalue weighted by Gasteiger charge is -2.02. The Balaban J connectivity index is 0.00000196. The van der Waals surface area contributed by atoms with Gasteiger partial charge in [0.2, 0.25) is 0 Å². The molecule has 0 atom stereocenters. The summed E-state index contributed by atoms with van der Waals surface area (Å²) in [4.78, 5) is 8.18. The smallest absolute Gasteiger partial charge is 0.188 e. The Labute approximate surface area is 111 Å². The van der Waals surface area contributed by atoms with Crippen LogP contribution in [0.15, 0.2) is 10.4 Å². The fraction of sp³-hybridized carbons (Fsp3) is 0.556. The molecule has 0 aliphatic heterocycles. The average molecular weight is 340 g/mol. The number of aromatic nitrogens is 1. The maximum atomic E-state index is 5.48. The summed E-state index contributed by atoms with van der Waals surface area (Å²) < 4.78 is 0. The molecule has 4 nitrogen and oxygen atoms in total. The number of halogens is 1. The van der Waals surface area contributed by atoms with Gasteiger partial charge in [0.15, 0.2) is 5.96 Å². The SMILES string of the molecule is CN=C(N)NCCCc1nc(C)cs1.I. The van der Waals surface area contributed by atoms with E-state index in [2.05, 4.69) is 20.7 Å². The third-order valence-electron chi connectivity index (χ3n) is 1.78. The molecule has 0 aliphatic rings. The molecular weight excluding hydrogens is 323 g/mol. The van der Waals surface area contributed by atoms with E-state index in [-0.39, 0.29) is 24.0 Å². The van der Waals surface area contributed by atoms with E-state index >= 15 is 0 Å². The van der Waals surface area contributed by atoms with Crippen LogP contribution in [0.5, 0.6) is 0 Å². The lowest BCUT2D eigenvalue weighted by Crippen LogP contribution is -2.32. The standard InChI is InChI=1S/C9H16N4S.HI/c1-7-6-14-8(13-7)4-3-5-12-9(10)11-2;/h6H,3-5H2,1-2H3,(H3,10,11,12);1H. The molecule has 1 heterocycles. The molecule has 0 saturated carbocycles. The third kappa shape index (κ3) is 5.93. The Morgan fingerprint density at radius 3 is 2.93 bits per heavy atom. The van der Waals surface area contributed by atoms with E-state index in [0.29, 0.717) is 5.96 Å². The fourth-order valence-corrected chi connectivity index (χ4v) is 1.87. The van der Waals surface area contributed by atoms with Crippen LogP contribution >= 0.6 is 35.3 Å². The van der Waals surface area contributed by atoms with Gasteiger partial charge >= 0.3 is 0 Å². The summed E-state index contributed by atoms with van der Waals surface area (Å²) in [7, 11) is 1.67. The van der Waals surface area contributed by atoms with Crippen LogP contribution in [0.1, 0.15) is 17.1 Å². The lowest BCUT2D eigenvalue weighted by molar-refractivity contribution is 0.764. The Bertz CT molecular complexity index is 311. The van der Waals surface area contributed by atoms with E-state index < -0.39 is 0 Å². The molecule has 1 aromatic rings. The zero-order valence-corrected chi connectivity index (χ0v) is 12.1. The molecule has 0 amide bonds. The van der Waals surface area contributed by atoms with Gasteiger partial charge in [0.05, 0.1) is 5.01 Å². The number of thiazole rings is 1. The number of hydrogen-bond donors (Lipinski definition) is 2. The third-order valence-corrected chi connectivity index (χ3v) is 2.81. The van der Waals surface area contributed by atoms with E-state index in [4.69, 9.17) is 5.73 Å². The van der Waals surface area contributed by atoms with Gasteiger partial charge in [-0.05, 0) is 13.3 Å². The summed E-state index contributed by atoms with van der Waals surface area (Å²) in [5, 5.41) is 6.28. The number of guanidine groups is 1. The van der Waals surface area contributed by atoms with Crippen molar-refractivity contribution >= 4 is 41.3 Å². The van der Waals surface area contributed by atoms with Gasteiger partial charge in [-0.15, -0.1) is 35.3 Å². The van der Waals surface area contributed by atoms with Crippen molar-refractivity contribution in [2.45, 2.75) is 19.8 Å². The molecule has 3 N–H and O–H groups in total. The van der Waals surface area contributed by atoms with Crippen LogP contribution < -0.4 is 11.1 Å². The predicted molar refractivity (Wildman–Crippen MR) is 76.1 cm³/mol. The van der Waals surface area contributed by atoms with E-state index in [0.717, 1.165) is 25.1 Å². The molecule has 6 heteroatoms. The first-order chi connectivity index (χ1) is 6.72. The highest BCUT2D eigenvalue weighted by molar-refractivity contribution is 14.0.